The molecule has 136 valence electrons. The van der Waals surface area contributed by atoms with Gasteiger partial charge in [0, 0.05) is 30.0 Å². The number of aliphatic hydroxyl groups excluding tert-OH is 1. The van der Waals surface area contributed by atoms with Crippen molar-refractivity contribution in [2.24, 2.45) is 0 Å². The molecule has 0 radical (unpaired) electrons. The number of rotatable bonds is 8. The van der Waals surface area contributed by atoms with Crippen LogP contribution in [-0.4, -0.2) is 53.2 Å². The van der Waals surface area contributed by atoms with Gasteiger partial charge in [-0.15, -0.1) is 0 Å². The molecule has 1 aromatic heterocycles. The van der Waals surface area contributed by atoms with Crippen molar-refractivity contribution in [3.8, 4) is 11.1 Å². The molecule has 0 fully saturated rings. The lowest BCUT2D eigenvalue weighted by Crippen LogP contribution is -2.40. The van der Waals surface area contributed by atoms with Gasteiger partial charge in [-0.2, -0.15) is 0 Å². The van der Waals surface area contributed by atoms with Gasteiger partial charge in [0.15, 0.2) is 0 Å². The van der Waals surface area contributed by atoms with Gasteiger partial charge in [-0.05, 0) is 32.5 Å². The van der Waals surface area contributed by atoms with E-state index in [9.17, 15) is 9.90 Å². The highest BCUT2D eigenvalue weighted by atomic mass is 16.3. The van der Waals surface area contributed by atoms with Crippen LogP contribution in [0.1, 0.15) is 35.6 Å². The molecule has 5 heteroatoms. The Morgan fingerprint density at radius 2 is 1.80 bits per heavy atom. The Balaban J connectivity index is 2.12. The maximum Gasteiger partial charge on any atom is 0.253 e. The smallest absolute Gasteiger partial charge is 0.253 e. The van der Waals surface area contributed by atoms with Gasteiger partial charge in [-0.25, -0.2) is 0 Å². The van der Waals surface area contributed by atoms with Crippen LogP contribution in [-0.2, 0) is 0 Å². The summed E-state index contributed by atoms with van der Waals surface area (Å²) in [7, 11) is 0. The number of hydrogen-bond acceptors (Lipinski definition) is 3. The monoisotopic (exact) mass is 343 g/mol. The second kappa shape index (κ2) is 8.83. The van der Waals surface area contributed by atoms with Crippen LogP contribution in [0.25, 0.3) is 11.1 Å². The predicted molar refractivity (Wildman–Crippen MR) is 102 cm³/mol. The molecule has 5 nitrogen and oxygen atoms in total. The molecule has 0 aliphatic carbocycles. The van der Waals surface area contributed by atoms with Gasteiger partial charge >= 0.3 is 0 Å². The average molecular weight is 343 g/mol. The van der Waals surface area contributed by atoms with Crippen molar-refractivity contribution in [2.45, 2.75) is 33.8 Å². The van der Waals surface area contributed by atoms with Crippen molar-refractivity contribution >= 4 is 5.91 Å². The van der Waals surface area contributed by atoms with Gasteiger partial charge in [-0.3, -0.25) is 4.79 Å². The van der Waals surface area contributed by atoms with Crippen LogP contribution in [0.5, 0.6) is 0 Å². The minimum atomic E-state index is -0.579. The first kappa shape index (κ1) is 19.2. The maximum atomic E-state index is 12.7. The Kier molecular flexibility index (Phi) is 6.79. The molecule has 2 rings (SSSR count). The lowest BCUT2D eigenvalue weighted by atomic mass is 10.00. The van der Waals surface area contributed by atoms with E-state index >= 15 is 0 Å². The number of carbonyl (C=O) groups is 1. The number of nitrogens with one attached hydrogen (secondary N) is 2. The Morgan fingerprint density at radius 3 is 2.40 bits per heavy atom. The summed E-state index contributed by atoms with van der Waals surface area (Å²) in [5.74, 6) is -0.153. The highest BCUT2D eigenvalue weighted by Crippen LogP contribution is 2.29. The van der Waals surface area contributed by atoms with Gasteiger partial charge in [0.25, 0.3) is 5.91 Å². The lowest BCUT2D eigenvalue weighted by Gasteiger charge is -2.22. The standard InChI is InChI=1S/C20H29N3O2/c1-5-23(6-2)13-17(24)12-21-20(25)19-15(4)22-14(3)18(19)16-10-8-7-9-11-16/h7-11,17,22,24H,5-6,12-13H2,1-4H3,(H,21,25). The molecule has 0 aliphatic rings. The van der Waals surface area contributed by atoms with Crippen LogP contribution in [0, 0.1) is 13.8 Å². The Bertz CT molecular complexity index is 690. The normalized spacial score (nSPS) is 12.4. The number of carbonyl (C=O) groups excluding carboxylic acids is 1. The fourth-order valence-corrected chi connectivity index (χ4v) is 3.17. The summed E-state index contributed by atoms with van der Waals surface area (Å²) in [6, 6.07) is 9.89. The third-order valence-corrected chi connectivity index (χ3v) is 4.53. The zero-order valence-electron chi connectivity index (χ0n) is 15.6. The Labute approximate surface area is 150 Å². The summed E-state index contributed by atoms with van der Waals surface area (Å²) in [5, 5.41) is 13.1. The molecule has 1 heterocycles. The summed E-state index contributed by atoms with van der Waals surface area (Å²) in [6.45, 7) is 10.6. The van der Waals surface area contributed by atoms with Crippen molar-refractivity contribution in [3.63, 3.8) is 0 Å². The number of aryl methyl sites for hydroxylation is 2. The van der Waals surface area contributed by atoms with Gasteiger partial charge < -0.3 is 20.3 Å². The average Bonchev–Trinajstić information content (AvgIpc) is 2.92. The Hall–Kier alpha value is -2.11. The van der Waals surface area contributed by atoms with E-state index in [1.807, 2.05) is 44.2 Å². The van der Waals surface area contributed by atoms with Gasteiger partial charge in [-0.1, -0.05) is 44.2 Å². The largest absolute Gasteiger partial charge is 0.390 e. The first-order chi connectivity index (χ1) is 12.0. The molecule has 0 bridgehead atoms. The minimum Gasteiger partial charge on any atom is -0.390 e. The second-order valence-corrected chi connectivity index (χ2v) is 6.34. The minimum absolute atomic E-state index is 0.153. The maximum absolute atomic E-state index is 12.7. The summed E-state index contributed by atoms with van der Waals surface area (Å²) in [4.78, 5) is 18.1. The van der Waals surface area contributed by atoms with Crippen LogP contribution < -0.4 is 5.32 Å². The predicted octanol–water partition coefficient (Wildman–Crippen LogP) is 2.73. The molecule has 25 heavy (non-hydrogen) atoms. The van der Waals surface area contributed by atoms with E-state index in [1.54, 1.807) is 0 Å². The van der Waals surface area contributed by atoms with E-state index in [0.29, 0.717) is 12.1 Å². The number of aliphatic hydroxyl groups is 1. The molecule has 0 aliphatic heterocycles. The van der Waals surface area contributed by atoms with Crippen molar-refractivity contribution in [1.82, 2.24) is 15.2 Å². The summed E-state index contributed by atoms with van der Waals surface area (Å²) >= 11 is 0. The number of likely N-dealkylation sites (N-methyl/N-ethyl adjacent to an activating group) is 1. The highest BCUT2D eigenvalue weighted by molar-refractivity contribution is 6.02. The van der Waals surface area contributed by atoms with Crippen LogP contribution in [0.4, 0.5) is 0 Å². The zero-order valence-corrected chi connectivity index (χ0v) is 15.6. The number of hydrogen-bond donors (Lipinski definition) is 3. The topological polar surface area (TPSA) is 68.4 Å². The molecule has 3 N–H and O–H groups in total. The Morgan fingerprint density at radius 1 is 1.16 bits per heavy atom. The quantitative estimate of drug-likeness (QED) is 0.690. The molecule has 1 unspecified atom stereocenters. The van der Waals surface area contributed by atoms with E-state index < -0.39 is 6.10 Å². The third-order valence-electron chi connectivity index (χ3n) is 4.53. The van der Waals surface area contributed by atoms with Crippen LogP contribution in [0.2, 0.25) is 0 Å². The first-order valence-electron chi connectivity index (χ1n) is 8.91. The fourth-order valence-electron chi connectivity index (χ4n) is 3.17. The number of nitrogens with zero attached hydrogens (tertiary/aromatic N) is 1. The molecule has 1 amide bonds. The SMILES string of the molecule is CCN(CC)CC(O)CNC(=O)c1c(C)[nH]c(C)c1-c1ccccc1. The van der Waals surface area contributed by atoms with Gasteiger partial charge in [0.2, 0.25) is 0 Å². The van der Waals surface area contributed by atoms with Crippen molar-refractivity contribution in [1.29, 1.82) is 0 Å². The molecular formula is C20H29N3O2. The molecule has 0 saturated heterocycles. The first-order valence-corrected chi connectivity index (χ1v) is 8.91. The van der Waals surface area contributed by atoms with E-state index in [4.69, 9.17) is 0 Å². The zero-order chi connectivity index (χ0) is 18.4. The van der Waals surface area contributed by atoms with Crippen molar-refractivity contribution < 1.29 is 9.90 Å². The summed E-state index contributed by atoms with van der Waals surface area (Å²) in [6.07, 6.45) is -0.579. The van der Waals surface area contributed by atoms with Gasteiger partial charge in [0.1, 0.15) is 0 Å². The molecule has 1 atom stereocenters. The molecular weight excluding hydrogens is 314 g/mol. The van der Waals surface area contributed by atoms with E-state index in [1.165, 1.54) is 0 Å². The summed E-state index contributed by atoms with van der Waals surface area (Å²) < 4.78 is 0. The van der Waals surface area contributed by atoms with E-state index in [0.717, 1.165) is 35.6 Å². The molecule has 0 saturated carbocycles. The number of aromatic nitrogens is 1. The van der Waals surface area contributed by atoms with E-state index in [-0.39, 0.29) is 12.5 Å². The van der Waals surface area contributed by atoms with Crippen LogP contribution >= 0.6 is 0 Å². The van der Waals surface area contributed by atoms with Crippen molar-refractivity contribution in [3.05, 3.63) is 47.3 Å². The van der Waals surface area contributed by atoms with E-state index in [2.05, 4.69) is 29.0 Å². The number of H-pyrrole nitrogens is 1. The highest BCUT2D eigenvalue weighted by Gasteiger charge is 2.21. The number of amides is 1. The summed E-state index contributed by atoms with van der Waals surface area (Å²) in [5.41, 5.74) is 4.40. The molecule has 1 aromatic carbocycles. The lowest BCUT2D eigenvalue weighted by molar-refractivity contribution is 0.0869. The third kappa shape index (κ3) is 4.71. The van der Waals surface area contributed by atoms with Gasteiger partial charge in [0.05, 0.1) is 11.7 Å². The van der Waals surface area contributed by atoms with Crippen LogP contribution in [0.15, 0.2) is 30.3 Å². The van der Waals surface area contributed by atoms with Crippen molar-refractivity contribution in [2.75, 3.05) is 26.2 Å². The second-order valence-electron chi connectivity index (χ2n) is 6.34. The molecule has 0 spiro atoms. The number of aromatic amines is 1. The number of benzene rings is 1. The molecule has 2 aromatic rings. The fraction of sp³-hybridized carbons (Fsp3) is 0.450. The van der Waals surface area contributed by atoms with Crippen LogP contribution in [0.3, 0.4) is 0 Å².